The van der Waals surface area contributed by atoms with E-state index in [9.17, 15) is 4.79 Å². The van der Waals surface area contributed by atoms with Gasteiger partial charge in [-0.3, -0.25) is 14.8 Å². The van der Waals surface area contributed by atoms with Crippen LogP contribution in [0.15, 0.2) is 41.2 Å². The zero-order valence-electron chi connectivity index (χ0n) is 14.6. The maximum atomic E-state index is 11.2. The van der Waals surface area contributed by atoms with Crippen LogP contribution in [0.1, 0.15) is 40.2 Å². The van der Waals surface area contributed by atoms with Crippen LogP contribution in [-0.2, 0) is 16.9 Å². The number of amides is 1. The molecule has 1 aliphatic rings. The molecule has 0 atom stereocenters. The minimum absolute atomic E-state index is 0.314. The Hall–Kier alpha value is -2.77. The van der Waals surface area contributed by atoms with Gasteiger partial charge in [0.05, 0.1) is 28.6 Å². The summed E-state index contributed by atoms with van der Waals surface area (Å²) in [6, 6.07) is 7.00. The van der Waals surface area contributed by atoms with Gasteiger partial charge in [0.25, 0.3) is 0 Å². The molecule has 7 nitrogen and oxygen atoms in total. The van der Waals surface area contributed by atoms with E-state index >= 15 is 0 Å². The summed E-state index contributed by atoms with van der Waals surface area (Å²) in [6.07, 6.45) is 4.76. The summed E-state index contributed by atoms with van der Waals surface area (Å²) in [5.41, 5.74) is 8.12. The highest BCUT2D eigenvalue weighted by molar-refractivity contribution is 6.30. The first-order chi connectivity index (χ1) is 13.0. The van der Waals surface area contributed by atoms with Crippen LogP contribution in [0.4, 0.5) is 0 Å². The topological polar surface area (TPSA) is 104 Å². The number of primary amides is 1. The lowest BCUT2D eigenvalue weighted by atomic mass is 10.1. The molecule has 0 bridgehead atoms. The zero-order valence-corrected chi connectivity index (χ0v) is 15.4. The first kappa shape index (κ1) is 17.6. The molecular formula is C19H17ClN4O3. The quantitative estimate of drug-likeness (QED) is 0.698. The third-order valence-corrected chi connectivity index (χ3v) is 4.89. The van der Waals surface area contributed by atoms with Crippen molar-refractivity contribution in [3.63, 3.8) is 0 Å². The van der Waals surface area contributed by atoms with Crippen LogP contribution < -0.4 is 5.73 Å². The van der Waals surface area contributed by atoms with E-state index in [1.54, 1.807) is 30.5 Å². The molecule has 4 rings (SSSR count). The van der Waals surface area contributed by atoms with Crippen molar-refractivity contribution in [1.29, 1.82) is 0 Å². The molecule has 0 saturated heterocycles. The second-order valence-corrected chi connectivity index (χ2v) is 6.94. The van der Waals surface area contributed by atoms with Gasteiger partial charge in [0, 0.05) is 18.0 Å². The van der Waals surface area contributed by atoms with Gasteiger partial charge in [0.15, 0.2) is 0 Å². The molecule has 0 radical (unpaired) electrons. The monoisotopic (exact) mass is 384 g/mol. The molecule has 0 aromatic carbocycles. The molecule has 138 valence electrons. The van der Waals surface area contributed by atoms with Crippen LogP contribution in [0.2, 0.25) is 5.02 Å². The Morgan fingerprint density at radius 2 is 2.07 bits per heavy atom. The number of nitrogens with zero attached hydrogens (tertiary/aromatic N) is 3. The van der Waals surface area contributed by atoms with E-state index in [1.165, 1.54) is 6.20 Å². The van der Waals surface area contributed by atoms with E-state index in [4.69, 9.17) is 26.6 Å². The van der Waals surface area contributed by atoms with Crippen molar-refractivity contribution in [3.8, 4) is 11.4 Å². The maximum absolute atomic E-state index is 11.2. The molecule has 1 aliphatic carbocycles. The van der Waals surface area contributed by atoms with Crippen molar-refractivity contribution in [3.05, 3.63) is 64.3 Å². The molecule has 1 amide bonds. The van der Waals surface area contributed by atoms with Gasteiger partial charge < -0.3 is 15.0 Å². The largest absolute Gasteiger partial charge is 0.366 e. The van der Waals surface area contributed by atoms with E-state index in [2.05, 4.69) is 15.1 Å². The minimum atomic E-state index is -0.500. The summed E-state index contributed by atoms with van der Waals surface area (Å²) in [7, 11) is 0. The number of pyridine rings is 2. The number of aromatic nitrogens is 3. The fourth-order valence-corrected chi connectivity index (χ4v) is 3.00. The predicted octanol–water partition coefficient (Wildman–Crippen LogP) is 3.40. The summed E-state index contributed by atoms with van der Waals surface area (Å²) in [6.45, 7) is 2.15. The highest BCUT2D eigenvalue weighted by atomic mass is 35.5. The lowest BCUT2D eigenvalue weighted by Crippen LogP contribution is -2.16. The maximum Gasteiger partial charge on any atom is 0.250 e. The fraction of sp³-hybridized carbons (Fsp3) is 0.263. The van der Waals surface area contributed by atoms with E-state index in [0.29, 0.717) is 34.3 Å². The summed E-state index contributed by atoms with van der Waals surface area (Å²) >= 11 is 5.90. The number of rotatable bonds is 6. The zero-order chi connectivity index (χ0) is 19.0. The molecule has 3 heterocycles. The summed E-state index contributed by atoms with van der Waals surface area (Å²) < 4.78 is 11.5. The summed E-state index contributed by atoms with van der Waals surface area (Å²) in [5, 5.41) is 4.67. The number of hydrogen-bond donors (Lipinski definition) is 1. The molecule has 2 N–H and O–H groups in total. The normalized spacial score (nSPS) is 14.9. The van der Waals surface area contributed by atoms with E-state index in [0.717, 1.165) is 24.1 Å². The molecule has 0 spiro atoms. The highest BCUT2D eigenvalue weighted by Crippen LogP contribution is 2.49. The molecule has 0 unspecified atom stereocenters. The predicted molar refractivity (Wildman–Crippen MR) is 97.9 cm³/mol. The molecule has 1 saturated carbocycles. The van der Waals surface area contributed by atoms with Crippen molar-refractivity contribution in [1.82, 2.24) is 15.1 Å². The van der Waals surface area contributed by atoms with Gasteiger partial charge in [-0.15, -0.1) is 0 Å². The van der Waals surface area contributed by atoms with Gasteiger partial charge in [0.2, 0.25) is 5.91 Å². The second-order valence-electron chi connectivity index (χ2n) is 6.51. The van der Waals surface area contributed by atoms with Crippen molar-refractivity contribution < 1.29 is 14.1 Å². The van der Waals surface area contributed by atoms with Gasteiger partial charge in [0.1, 0.15) is 17.1 Å². The van der Waals surface area contributed by atoms with Crippen LogP contribution >= 0.6 is 11.6 Å². The van der Waals surface area contributed by atoms with Crippen LogP contribution in [0, 0.1) is 6.92 Å². The van der Waals surface area contributed by atoms with E-state index in [1.807, 2.05) is 6.92 Å². The first-order valence-electron chi connectivity index (χ1n) is 8.46. The lowest BCUT2D eigenvalue weighted by Gasteiger charge is -2.16. The van der Waals surface area contributed by atoms with Crippen molar-refractivity contribution in [2.45, 2.75) is 32.0 Å². The molecule has 1 fully saturated rings. The Morgan fingerprint density at radius 3 is 2.67 bits per heavy atom. The lowest BCUT2D eigenvalue weighted by molar-refractivity contribution is 0.0138. The molecule has 8 heteroatoms. The average Bonchev–Trinajstić information content (AvgIpc) is 3.38. The molecule has 3 aromatic rings. The third-order valence-electron chi connectivity index (χ3n) is 4.67. The standard InChI is InChI=1S/C19H17ClN4O3/c1-11-14(17(24-27-11)15-4-3-13(20)9-22-15)10-26-19(6-7-19)16-5-2-12(8-23-16)18(21)25/h2-5,8-9H,6-7,10H2,1H3,(H2,21,25). The Kier molecular flexibility index (Phi) is 4.41. The van der Waals surface area contributed by atoms with Gasteiger partial charge in [-0.05, 0) is 44.0 Å². The number of ether oxygens (including phenoxy) is 1. The third kappa shape index (κ3) is 3.43. The minimum Gasteiger partial charge on any atom is -0.366 e. The Balaban J connectivity index is 1.54. The molecule has 3 aromatic heterocycles. The number of halogens is 1. The van der Waals surface area contributed by atoms with Gasteiger partial charge in [-0.1, -0.05) is 16.8 Å². The van der Waals surface area contributed by atoms with E-state index < -0.39 is 11.5 Å². The molecule has 0 aliphatic heterocycles. The van der Waals surface area contributed by atoms with Gasteiger partial charge >= 0.3 is 0 Å². The van der Waals surface area contributed by atoms with Crippen molar-refractivity contribution in [2.75, 3.05) is 0 Å². The van der Waals surface area contributed by atoms with Crippen molar-refractivity contribution in [2.24, 2.45) is 5.73 Å². The Morgan fingerprint density at radius 1 is 1.26 bits per heavy atom. The first-order valence-corrected chi connectivity index (χ1v) is 8.84. The Labute approximate surface area is 160 Å². The molecular weight excluding hydrogens is 368 g/mol. The average molecular weight is 385 g/mol. The second kappa shape index (κ2) is 6.75. The fourth-order valence-electron chi connectivity index (χ4n) is 2.89. The van der Waals surface area contributed by atoms with Gasteiger partial charge in [-0.2, -0.15) is 0 Å². The number of aryl methyl sites for hydroxylation is 1. The molecule has 27 heavy (non-hydrogen) atoms. The van der Waals surface area contributed by atoms with Gasteiger partial charge in [-0.25, -0.2) is 0 Å². The number of hydrogen-bond acceptors (Lipinski definition) is 6. The SMILES string of the molecule is Cc1onc(-c2ccc(Cl)cn2)c1COC1(c2ccc(C(N)=O)cn2)CC1. The van der Waals surface area contributed by atoms with Crippen molar-refractivity contribution >= 4 is 17.5 Å². The van der Waals surface area contributed by atoms with Crippen LogP contribution in [0.5, 0.6) is 0 Å². The smallest absolute Gasteiger partial charge is 0.250 e. The van der Waals surface area contributed by atoms with Crippen LogP contribution in [0.25, 0.3) is 11.4 Å². The summed E-state index contributed by atoms with van der Waals surface area (Å²) in [5.74, 6) is 0.176. The highest BCUT2D eigenvalue weighted by Gasteiger charge is 2.47. The van der Waals surface area contributed by atoms with E-state index in [-0.39, 0.29) is 0 Å². The number of carbonyl (C=O) groups is 1. The number of nitrogens with two attached hydrogens (primary N) is 1. The number of carbonyl (C=O) groups excluding carboxylic acids is 1. The Bertz CT molecular complexity index is 979. The van der Waals surface area contributed by atoms with Crippen LogP contribution in [-0.4, -0.2) is 21.0 Å². The van der Waals surface area contributed by atoms with Crippen LogP contribution in [0.3, 0.4) is 0 Å². The summed E-state index contributed by atoms with van der Waals surface area (Å²) in [4.78, 5) is 19.9.